The maximum atomic E-state index is 5.40. The molecule has 0 saturated carbocycles. The van der Waals surface area contributed by atoms with Gasteiger partial charge >= 0.3 is 0 Å². The molecule has 10 aromatic rings. The first-order valence-corrected chi connectivity index (χ1v) is 18.5. The van der Waals surface area contributed by atoms with E-state index in [9.17, 15) is 0 Å². The molecule has 0 N–H and O–H groups in total. The lowest BCUT2D eigenvalue weighted by Crippen LogP contribution is -1.98. The summed E-state index contributed by atoms with van der Waals surface area (Å²) >= 11 is 0. The maximum Gasteiger partial charge on any atom is 0.160 e. The molecule has 4 heteroatoms. The lowest BCUT2D eigenvalue weighted by Gasteiger charge is -2.15. The Morgan fingerprint density at radius 2 is 0.891 bits per heavy atom. The molecule has 8 aromatic carbocycles. The zero-order valence-corrected chi connectivity index (χ0v) is 29.9. The highest BCUT2D eigenvalue weighted by Gasteiger charge is 2.23. The van der Waals surface area contributed by atoms with Crippen molar-refractivity contribution in [3.63, 3.8) is 0 Å². The minimum atomic E-state index is 0.677. The highest BCUT2D eigenvalue weighted by atomic mass is 15.3. The smallest absolute Gasteiger partial charge is 0.160 e. The van der Waals surface area contributed by atoms with Gasteiger partial charge in [-0.25, -0.2) is 14.6 Å². The van der Waals surface area contributed by atoms with Crippen molar-refractivity contribution in [2.24, 2.45) is 0 Å². The monoisotopic (exact) mass is 702 g/mol. The van der Waals surface area contributed by atoms with Crippen LogP contribution in [-0.2, 0) is 0 Å². The third kappa shape index (κ3) is 5.96. The predicted molar refractivity (Wildman–Crippen MR) is 227 cm³/mol. The van der Waals surface area contributed by atoms with Gasteiger partial charge in [0.25, 0.3) is 0 Å². The van der Waals surface area contributed by atoms with Crippen molar-refractivity contribution in [1.29, 1.82) is 0 Å². The van der Waals surface area contributed by atoms with Crippen LogP contribution in [0.2, 0.25) is 0 Å². The van der Waals surface area contributed by atoms with Gasteiger partial charge in [-0.1, -0.05) is 176 Å². The summed E-state index contributed by atoms with van der Waals surface area (Å²) in [6, 6.07) is 72.0. The molecule has 0 aliphatic carbocycles. The SMILES string of the molecule is c1ccc(-c2cccc(-c3nc(-c4ccccc4)cc(-c4cccc5c4cc(-c4ccccc4)c4c(-c6ccccc6)nn(-c6ccccc6)c45)n3)c2)cc1. The summed E-state index contributed by atoms with van der Waals surface area (Å²) in [5.74, 6) is 0.677. The van der Waals surface area contributed by atoms with E-state index in [0.717, 1.165) is 89.0 Å². The number of fused-ring (bicyclic) bond motifs is 3. The molecular weight excluding hydrogens is 669 g/mol. The van der Waals surface area contributed by atoms with Crippen LogP contribution in [0.5, 0.6) is 0 Å². The molecule has 0 atom stereocenters. The summed E-state index contributed by atoms with van der Waals surface area (Å²) in [5.41, 5.74) is 13.3. The average Bonchev–Trinajstić information content (AvgIpc) is 3.69. The van der Waals surface area contributed by atoms with Gasteiger partial charge in [0.15, 0.2) is 5.82 Å². The van der Waals surface area contributed by atoms with Crippen LogP contribution in [0, 0.1) is 0 Å². The molecule has 0 unspecified atom stereocenters. The minimum Gasteiger partial charge on any atom is -0.232 e. The van der Waals surface area contributed by atoms with Gasteiger partial charge in [-0.2, -0.15) is 5.10 Å². The fourth-order valence-electron chi connectivity index (χ4n) is 7.63. The van der Waals surface area contributed by atoms with Gasteiger partial charge < -0.3 is 0 Å². The van der Waals surface area contributed by atoms with Gasteiger partial charge in [-0.05, 0) is 58.0 Å². The molecule has 0 spiro atoms. The van der Waals surface area contributed by atoms with Crippen molar-refractivity contribution in [3.05, 3.63) is 206 Å². The molecule has 258 valence electrons. The average molecular weight is 703 g/mol. The van der Waals surface area contributed by atoms with Crippen molar-refractivity contribution in [2.45, 2.75) is 0 Å². The molecule has 0 radical (unpaired) electrons. The minimum absolute atomic E-state index is 0.677. The van der Waals surface area contributed by atoms with Gasteiger partial charge in [0.2, 0.25) is 0 Å². The molecule has 2 heterocycles. The number of para-hydroxylation sites is 1. The van der Waals surface area contributed by atoms with Crippen LogP contribution < -0.4 is 0 Å². The standard InChI is InChI=1S/C51H34N4/c1-6-18-35(19-7-1)39-26-16-27-40(32-39)51-52-46(37-22-10-3-11-23-37)34-47(53-51)42-30-17-31-43-45(42)33-44(36-20-8-2-9-21-36)48-49(38-24-12-4-13-25-38)54-55(50(43)48)41-28-14-5-15-29-41/h1-34H. The zero-order valence-electron chi connectivity index (χ0n) is 29.9. The Kier molecular flexibility index (Phi) is 8.12. The van der Waals surface area contributed by atoms with Crippen LogP contribution in [0.15, 0.2) is 206 Å². The molecule has 0 aliphatic rings. The van der Waals surface area contributed by atoms with Gasteiger partial charge in [0, 0.05) is 33.0 Å². The predicted octanol–water partition coefficient (Wildman–Crippen LogP) is 13.0. The first-order chi connectivity index (χ1) is 27.3. The lowest BCUT2D eigenvalue weighted by molar-refractivity contribution is 0.918. The molecule has 4 nitrogen and oxygen atoms in total. The molecule has 0 fully saturated rings. The van der Waals surface area contributed by atoms with Crippen molar-refractivity contribution >= 4 is 21.7 Å². The summed E-state index contributed by atoms with van der Waals surface area (Å²) in [6.07, 6.45) is 0. The molecule has 55 heavy (non-hydrogen) atoms. The summed E-state index contributed by atoms with van der Waals surface area (Å²) in [5, 5.41) is 8.69. The van der Waals surface area contributed by atoms with Crippen molar-refractivity contribution in [2.75, 3.05) is 0 Å². The van der Waals surface area contributed by atoms with E-state index in [4.69, 9.17) is 15.1 Å². The highest BCUT2D eigenvalue weighted by molar-refractivity contribution is 6.19. The van der Waals surface area contributed by atoms with Crippen molar-refractivity contribution in [1.82, 2.24) is 19.7 Å². The lowest BCUT2D eigenvalue weighted by atomic mass is 9.91. The first-order valence-electron chi connectivity index (χ1n) is 18.5. The van der Waals surface area contributed by atoms with Gasteiger partial charge in [0.1, 0.15) is 5.69 Å². The Balaban J connectivity index is 1.28. The van der Waals surface area contributed by atoms with Gasteiger partial charge in [-0.3, -0.25) is 0 Å². The Morgan fingerprint density at radius 1 is 0.345 bits per heavy atom. The van der Waals surface area contributed by atoms with E-state index in [0.29, 0.717) is 5.82 Å². The molecule has 0 bridgehead atoms. The number of hydrogen-bond acceptors (Lipinski definition) is 3. The fraction of sp³-hybridized carbons (Fsp3) is 0. The maximum absolute atomic E-state index is 5.40. The van der Waals surface area contributed by atoms with Crippen molar-refractivity contribution < 1.29 is 0 Å². The Labute approximate surface area is 319 Å². The van der Waals surface area contributed by atoms with Crippen LogP contribution in [0.25, 0.3) is 94.8 Å². The van der Waals surface area contributed by atoms with E-state index in [1.165, 1.54) is 0 Å². The molecule has 10 rings (SSSR count). The quantitative estimate of drug-likeness (QED) is 0.166. The molecular formula is C51H34N4. The van der Waals surface area contributed by atoms with E-state index < -0.39 is 0 Å². The van der Waals surface area contributed by atoms with Crippen LogP contribution >= 0.6 is 0 Å². The Hall–Kier alpha value is -7.43. The number of aromatic nitrogens is 4. The van der Waals surface area contributed by atoms with Gasteiger partial charge in [-0.15, -0.1) is 0 Å². The van der Waals surface area contributed by atoms with Crippen LogP contribution in [0.4, 0.5) is 0 Å². The second kappa shape index (κ2) is 13.8. The molecule has 2 aromatic heterocycles. The zero-order chi connectivity index (χ0) is 36.6. The largest absolute Gasteiger partial charge is 0.232 e. The second-order valence-electron chi connectivity index (χ2n) is 13.7. The van der Waals surface area contributed by atoms with Gasteiger partial charge in [0.05, 0.1) is 22.6 Å². The topological polar surface area (TPSA) is 43.6 Å². The van der Waals surface area contributed by atoms with E-state index >= 15 is 0 Å². The van der Waals surface area contributed by atoms with Crippen LogP contribution in [-0.4, -0.2) is 19.7 Å². The van der Waals surface area contributed by atoms with Crippen LogP contribution in [0.3, 0.4) is 0 Å². The number of rotatable bonds is 7. The highest BCUT2D eigenvalue weighted by Crippen LogP contribution is 2.44. The third-order valence-corrected chi connectivity index (χ3v) is 10.2. The number of nitrogens with zero attached hydrogens (tertiary/aromatic N) is 4. The summed E-state index contributed by atoms with van der Waals surface area (Å²) < 4.78 is 2.12. The first kappa shape index (κ1) is 32.2. The third-order valence-electron chi connectivity index (χ3n) is 10.2. The van der Waals surface area contributed by atoms with Crippen LogP contribution in [0.1, 0.15) is 0 Å². The van der Waals surface area contributed by atoms with E-state index in [2.05, 4.69) is 193 Å². The second-order valence-corrected chi connectivity index (χ2v) is 13.7. The van der Waals surface area contributed by atoms with E-state index in [1.807, 2.05) is 18.2 Å². The Bertz CT molecular complexity index is 2940. The molecule has 0 amide bonds. The number of hydrogen-bond donors (Lipinski definition) is 0. The summed E-state index contributed by atoms with van der Waals surface area (Å²) in [4.78, 5) is 10.6. The van der Waals surface area contributed by atoms with E-state index in [-0.39, 0.29) is 0 Å². The normalized spacial score (nSPS) is 11.3. The number of benzene rings is 8. The molecule has 0 saturated heterocycles. The molecule has 0 aliphatic heterocycles. The Morgan fingerprint density at radius 3 is 1.58 bits per heavy atom. The summed E-state index contributed by atoms with van der Waals surface area (Å²) in [6.45, 7) is 0. The fourth-order valence-corrected chi connectivity index (χ4v) is 7.63. The summed E-state index contributed by atoms with van der Waals surface area (Å²) in [7, 11) is 0. The van der Waals surface area contributed by atoms with E-state index in [1.54, 1.807) is 0 Å². The van der Waals surface area contributed by atoms with Crippen molar-refractivity contribution in [3.8, 4) is 73.1 Å².